The summed E-state index contributed by atoms with van der Waals surface area (Å²) < 4.78 is 40.7. The predicted molar refractivity (Wildman–Crippen MR) is 119 cm³/mol. The van der Waals surface area contributed by atoms with Crippen molar-refractivity contribution in [3.05, 3.63) is 42.0 Å². The molecule has 1 aliphatic heterocycles. The van der Waals surface area contributed by atoms with Crippen molar-refractivity contribution in [3.63, 3.8) is 0 Å². The summed E-state index contributed by atoms with van der Waals surface area (Å²) in [6, 6.07) is 10.2. The average molecular weight is 449 g/mol. The molecule has 0 spiro atoms. The Bertz CT molecular complexity index is 949. The van der Waals surface area contributed by atoms with Crippen LogP contribution in [0.5, 0.6) is 11.5 Å². The van der Waals surface area contributed by atoms with Crippen molar-refractivity contribution < 1.29 is 27.8 Å². The molecule has 1 saturated heterocycles. The smallest absolute Gasteiger partial charge is 0.260 e. The molecule has 2 aromatic carbocycles. The molecule has 0 aromatic heterocycles. The maximum atomic E-state index is 13.6. The first-order chi connectivity index (χ1) is 15.0. The third kappa shape index (κ3) is 5.27. The summed E-state index contributed by atoms with van der Waals surface area (Å²) in [5.41, 5.74) is 2.09. The number of amides is 1. The molecular weight excluding hydrogens is 422 g/mol. The van der Waals surface area contributed by atoms with Gasteiger partial charge in [-0.25, -0.2) is 0 Å². The van der Waals surface area contributed by atoms with E-state index >= 15 is 0 Å². The highest BCUT2D eigenvalue weighted by Gasteiger charge is 2.24. The number of nitrogens with one attached hydrogen (secondary N) is 1. The normalized spacial score (nSPS) is 14.6. The van der Waals surface area contributed by atoms with E-state index in [0.717, 1.165) is 5.69 Å². The third-order valence-corrected chi connectivity index (χ3v) is 5.42. The summed E-state index contributed by atoms with van der Waals surface area (Å²) in [5, 5.41) is 0. The van der Waals surface area contributed by atoms with Crippen molar-refractivity contribution >= 4 is 34.2 Å². The molecule has 168 valence electrons. The van der Waals surface area contributed by atoms with Gasteiger partial charge in [-0.2, -0.15) is 0 Å². The van der Waals surface area contributed by atoms with Gasteiger partial charge >= 0.3 is 0 Å². The van der Waals surface area contributed by atoms with Crippen molar-refractivity contribution in [2.24, 2.45) is 0 Å². The lowest BCUT2D eigenvalue weighted by Crippen LogP contribution is -2.38. The number of hydrogen-bond acceptors (Lipinski definition) is 7. The van der Waals surface area contributed by atoms with Crippen LogP contribution in [0.4, 0.5) is 17.1 Å². The van der Waals surface area contributed by atoms with E-state index in [2.05, 4.69) is 9.62 Å². The van der Waals surface area contributed by atoms with Crippen LogP contribution in [0.3, 0.4) is 0 Å². The van der Waals surface area contributed by atoms with Crippen LogP contribution in [0.25, 0.3) is 0 Å². The fourth-order valence-electron chi connectivity index (χ4n) is 3.53. The highest BCUT2D eigenvalue weighted by Crippen LogP contribution is 2.33. The summed E-state index contributed by atoms with van der Waals surface area (Å²) in [6.45, 7) is 4.68. The van der Waals surface area contributed by atoms with Gasteiger partial charge in [-0.05, 0) is 37.3 Å². The summed E-state index contributed by atoms with van der Waals surface area (Å²) in [7, 11) is 3.09. The van der Waals surface area contributed by atoms with Crippen LogP contribution in [0.2, 0.25) is 0 Å². The number of methoxy groups -OCH3 is 2. The monoisotopic (exact) mass is 448 g/mol. The summed E-state index contributed by atoms with van der Waals surface area (Å²) in [4.78, 5) is 17.3. The maximum Gasteiger partial charge on any atom is 0.260 e. The number of morpholine rings is 1. The van der Waals surface area contributed by atoms with Gasteiger partial charge in [0.25, 0.3) is 5.91 Å². The summed E-state index contributed by atoms with van der Waals surface area (Å²) >= 11 is -2.49. The van der Waals surface area contributed by atoms with Gasteiger partial charge in [-0.15, -0.1) is 0 Å². The SMILES string of the molecule is CCN(C(=O)c1cc(NS(=O)[O-])ccc1N1CCOCC1)c1ccc(OC)c(OC)c1. The Labute approximate surface area is 184 Å². The average Bonchev–Trinajstić information content (AvgIpc) is 2.79. The molecule has 0 aliphatic carbocycles. The Hall–Kier alpha value is -2.82. The van der Waals surface area contributed by atoms with Gasteiger partial charge in [-0.3, -0.25) is 9.00 Å². The van der Waals surface area contributed by atoms with Crippen molar-refractivity contribution in [1.82, 2.24) is 0 Å². The van der Waals surface area contributed by atoms with Crippen LogP contribution >= 0.6 is 0 Å². The van der Waals surface area contributed by atoms with Gasteiger partial charge in [-0.1, -0.05) is 0 Å². The van der Waals surface area contributed by atoms with Gasteiger partial charge in [0.05, 0.1) is 33.0 Å². The Morgan fingerprint density at radius 1 is 1.16 bits per heavy atom. The quantitative estimate of drug-likeness (QED) is 0.619. The molecule has 0 radical (unpaired) electrons. The molecule has 9 nitrogen and oxygen atoms in total. The van der Waals surface area contributed by atoms with Crippen LogP contribution < -0.4 is 24.0 Å². The Kier molecular flexibility index (Phi) is 7.72. The molecule has 1 heterocycles. The first-order valence-corrected chi connectivity index (χ1v) is 10.9. The van der Waals surface area contributed by atoms with E-state index in [9.17, 15) is 13.6 Å². The zero-order valence-corrected chi connectivity index (χ0v) is 18.6. The number of hydrogen-bond donors (Lipinski definition) is 1. The van der Waals surface area contributed by atoms with Crippen LogP contribution in [0.15, 0.2) is 36.4 Å². The lowest BCUT2D eigenvalue weighted by molar-refractivity contribution is 0.0986. The molecule has 0 saturated carbocycles. The van der Waals surface area contributed by atoms with E-state index in [1.807, 2.05) is 6.92 Å². The molecule has 1 unspecified atom stereocenters. The van der Waals surface area contributed by atoms with Gasteiger partial charge < -0.3 is 33.3 Å². The molecule has 1 atom stereocenters. The van der Waals surface area contributed by atoms with Crippen molar-refractivity contribution in [2.45, 2.75) is 6.92 Å². The Balaban J connectivity index is 2.02. The van der Waals surface area contributed by atoms with E-state index < -0.39 is 11.3 Å². The molecule has 31 heavy (non-hydrogen) atoms. The Morgan fingerprint density at radius 3 is 2.48 bits per heavy atom. The summed E-state index contributed by atoms with van der Waals surface area (Å²) in [6.07, 6.45) is 0. The first kappa shape index (κ1) is 22.9. The van der Waals surface area contributed by atoms with Crippen molar-refractivity contribution in [1.29, 1.82) is 0 Å². The first-order valence-electron chi connectivity index (χ1n) is 9.85. The minimum absolute atomic E-state index is 0.253. The van der Waals surface area contributed by atoms with Crippen LogP contribution in [-0.2, 0) is 16.0 Å². The molecule has 1 amide bonds. The van der Waals surface area contributed by atoms with E-state index in [1.165, 1.54) is 7.11 Å². The van der Waals surface area contributed by atoms with E-state index in [0.29, 0.717) is 61.3 Å². The minimum atomic E-state index is -2.49. The standard InChI is InChI=1S/C21H27N3O6S/c1-4-24(16-6-8-19(28-2)20(14-16)29-3)21(25)17-13-15(22-31(26)27)5-7-18(17)23-9-11-30-12-10-23/h5-8,13-14,22H,4,9-12H2,1-3H3,(H,26,27)/p-1. The molecule has 1 N–H and O–H groups in total. The number of nitrogens with zero attached hydrogens (tertiary/aromatic N) is 2. The van der Waals surface area contributed by atoms with Gasteiger partial charge in [0.1, 0.15) is 0 Å². The fourth-order valence-corrected chi connectivity index (χ4v) is 3.85. The topological polar surface area (TPSA) is 103 Å². The van der Waals surface area contributed by atoms with Crippen molar-refractivity contribution in [2.75, 3.05) is 61.6 Å². The number of rotatable bonds is 8. The molecule has 0 bridgehead atoms. The Morgan fingerprint density at radius 2 is 1.87 bits per heavy atom. The third-order valence-electron chi connectivity index (χ3n) is 5.02. The largest absolute Gasteiger partial charge is 0.755 e. The van der Waals surface area contributed by atoms with Crippen LogP contribution in [0.1, 0.15) is 17.3 Å². The van der Waals surface area contributed by atoms with Crippen LogP contribution in [-0.4, -0.2) is 61.7 Å². The van der Waals surface area contributed by atoms with Crippen LogP contribution in [0, 0.1) is 0 Å². The lowest BCUT2D eigenvalue weighted by Gasteiger charge is -2.32. The molecule has 2 aromatic rings. The fraction of sp³-hybridized carbons (Fsp3) is 0.381. The van der Waals surface area contributed by atoms with Crippen molar-refractivity contribution in [3.8, 4) is 11.5 Å². The second kappa shape index (κ2) is 10.5. The molecule has 1 aliphatic rings. The highest BCUT2D eigenvalue weighted by molar-refractivity contribution is 7.80. The van der Waals surface area contributed by atoms with E-state index in [1.54, 1.807) is 48.4 Å². The molecule has 1 fully saturated rings. The van der Waals surface area contributed by atoms with Gasteiger partial charge in [0.2, 0.25) is 0 Å². The lowest BCUT2D eigenvalue weighted by atomic mass is 10.1. The molecule has 10 heteroatoms. The zero-order chi connectivity index (χ0) is 22.4. The van der Waals surface area contributed by atoms with E-state index in [4.69, 9.17) is 14.2 Å². The number of benzene rings is 2. The number of anilines is 3. The van der Waals surface area contributed by atoms with Gasteiger partial charge in [0, 0.05) is 54.0 Å². The van der Waals surface area contributed by atoms with Gasteiger partial charge in [0.15, 0.2) is 11.5 Å². The molecular formula is C21H26N3O6S-. The predicted octanol–water partition coefficient (Wildman–Crippen LogP) is 2.41. The minimum Gasteiger partial charge on any atom is -0.755 e. The second-order valence-electron chi connectivity index (χ2n) is 6.76. The zero-order valence-electron chi connectivity index (χ0n) is 17.8. The summed E-state index contributed by atoms with van der Waals surface area (Å²) in [5.74, 6) is 0.821. The number of carbonyl (C=O) groups is 1. The molecule has 3 rings (SSSR count). The highest BCUT2D eigenvalue weighted by atomic mass is 32.2. The number of carbonyl (C=O) groups excluding carboxylic acids is 1. The second-order valence-corrected chi connectivity index (χ2v) is 7.43. The number of ether oxygens (including phenoxy) is 3. The van der Waals surface area contributed by atoms with E-state index in [-0.39, 0.29) is 5.91 Å². The maximum absolute atomic E-state index is 13.6.